The molecule has 1 aliphatic heterocycles. The van der Waals surface area contributed by atoms with E-state index in [-0.39, 0.29) is 5.91 Å². The van der Waals surface area contributed by atoms with Crippen LogP contribution < -0.4 is 0 Å². The quantitative estimate of drug-likeness (QED) is 0.657. The SMILES string of the molecule is COCCN1C(=O)/C(=C\c2ccn(C3CCCC3)c2)SC1=Nc1ccccc1. The summed E-state index contributed by atoms with van der Waals surface area (Å²) in [6.07, 6.45) is 11.4. The van der Waals surface area contributed by atoms with Gasteiger partial charge in [0.15, 0.2) is 5.17 Å². The zero-order valence-corrected chi connectivity index (χ0v) is 16.9. The second-order valence-corrected chi connectivity index (χ2v) is 8.13. The number of nitrogens with zero attached hydrogens (tertiary/aromatic N) is 3. The Morgan fingerprint density at radius 3 is 2.75 bits per heavy atom. The van der Waals surface area contributed by atoms with Crippen LogP contribution in [0, 0.1) is 0 Å². The van der Waals surface area contributed by atoms with Crippen LogP contribution in [0.3, 0.4) is 0 Å². The molecule has 0 spiro atoms. The van der Waals surface area contributed by atoms with Crippen molar-refractivity contribution in [2.75, 3.05) is 20.3 Å². The van der Waals surface area contributed by atoms with Crippen LogP contribution in [0.1, 0.15) is 37.3 Å². The number of carbonyl (C=O) groups is 1. The molecular weight excluding hydrogens is 370 g/mol. The van der Waals surface area contributed by atoms with Crippen molar-refractivity contribution in [3.8, 4) is 0 Å². The number of thioether (sulfide) groups is 1. The maximum atomic E-state index is 13.0. The molecule has 0 radical (unpaired) electrons. The maximum absolute atomic E-state index is 13.0. The van der Waals surface area contributed by atoms with Gasteiger partial charge in [0, 0.05) is 25.5 Å². The van der Waals surface area contributed by atoms with Crippen molar-refractivity contribution in [3.05, 3.63) is 59.3 Å². The van der Waals surface area contributed by atoms with E-state index in [4.69, 9.17) is 4.74 Å². The Bertz CT molecular complexity index is 882. The zero-order valence-electron chi connectivity index (χ0n) is 16.1. The van der Waals surface area contributed by atoms with Crippen LogP contribution in [0.5, 0.6) is 0 Å². The second-order valence-electron chi connectivity index (χ2n) is 7.12. The standard InChI is InChI=1S/C22H25N3O2S/c1-27-14-13-25-21(26)20(28-22(25)23-18-7-3-2-4-8-18)15-17-11-12-24(16-17)19-9-5-6-10-19/h2-4,7-8,11-12,15-16,19H,5-6,9-10,13-14H2,1H3/b20-15+,23-22?. The summed E-state index contributed by atoms with van der Waals surface area (Å²) in [5.41, 5.74) is 1.91. The average molecular weight is 396 g/mol. The van der Waals surface area contributed by atoms with Crippen LogP contribution in [-0.4, -0.2) is 40.8 Å². The topological polar surface area (TPSA) is 46.8 Å². The lowest BCUT2D eigenvalue weighted by molar-refractivity contribution is -0.122. The van der Waals surface area contributed by atoms with Crippen molar-refractivity contribution < 1.29 is 9.53 Å². The number of methoxy groups -OCH3 is 1. The smallest absolute Gasteiger partial charge is 0.266 e. The van der Waals surface area contributed by atoms with Gasteiger partial charge in [0.25, 0.3) is 5.91 Å². The van der Waals surface area contributed by atoms with Gasteiger partial charge in [0.2, 0.25) is 0 Å². The van der Waals surface area contributed by atoms with E-state index in [0.717, 1.165) is 11.3 Å². The van der Waals surface area contributed by atoms with Gasteiger partial charge in [0.05, 0.1) is 23.7 Å². The first kappa shape index (κ1) is 19.0. The first-order valence-corrected chi connectivity index (χ1v) is 10.6. The van der Waals surface area contributed by atoms with Gasteiger partial charge < -0.3 is 9.30 Å². The molecule has 1 saturated heterocycles. The first-order valence-electron chi connectivity index (χ1n) is 9.76. The predicted molar refractivity (Wildman–Crippen MR) is 115 cm³/mol. The Morgan fingerprint density at radius 1 is 1.21 bits per heavy atom. The van der Waals surface area contributed by atoms with E-state index in [1.165, 1.54) is 37.4 Å². The average Bonchev–Trinajstić information content (AvgIpc) is 3.44. The van der Waals surface area contributed by atoms with Crippen LogP contribution in [0.4, 0.5) is 5.69 Å². The Kier molecular flexibility index (Phi) is 5.98. The van der Waals surface area contributed by atoms with E-state index in [1.54, 1.807) is 12.0 Å². The number of ether oxygens (including phenoxy) is 1. The van der Waals surface area contributed by atoms with E-state index in [9.17, 15) is 4.79 Å². The molecule has 0 N–H and O–H groups in total. The number of benzene rings is 1. The number of carbonyl (C=O) groups excluding carboxylic acids is 1. The van der Waals surface area contributed by atoms with Gasteiger partial charge in [-0.2, -0.15) is 0 Å². The highest BCUT2D eigenvalue weighted by Gasteiger charge is 2.33. The number of amides is 1. The number of aromatic nitrogens is 1. The fourth-order valence-electron chi connectivity index (χ4n) is 3.68. The van der Waals surface area contributed by atoms with E-state index in [0.29, 0.717) is 29.3 Å². The van der Waals surface area contributed by atoms with Gasteiger partial charge in [-0.25, -0.2) is 4.99 Å². The predicted octanol–water partition coefficient (Wildman–Crippen LogP) is 4.85. The third-order valence-electron chi connectivity index (χ3n) is 5.17. The molecule has 2 heterocycles. The van der Waals surface area contributed by atoms with E-state index in [2.05, 4.69) is 28.0 Å². The first-order chi connectivity index (χ1) is 13.7. The number of para-hydroxylation sites is 1. The van der Waals surface area contributed by atoms with Crippen LogP contribution in [0.15, 0.2) is 58.7 Å². The molecule has 1 aliphatic carbocycles. The molecule has 28 heavy (non-hydrogen) atoms. The van der Waals surface area contributed by atoms with E-state index >= 15 is 0 Å². The highest BCUT2D eigenvalue weighted by molar-refractivity contribution is 8.18. The molecule has 4 rings (SSSR count). The highest BCUT2D eigenvalue weighted by Crippen LogP contribution is 2.35. The lowest BCUT2D eigenvalue weighted by atomic mass is 10.2. The van der Waals surface area contributed by atoms with Crippen molar-refractivity contribution in [1.29, 1.82) is 0 Å². The summed E-state index contributed by atoms with van der Waals surface area (Å²) in [5, 5.41) is 0.703. The number of aliphatic imine (C=N–C) groups is 1. The number of amidine groups is 1. The zero-order chi connectivity index (χ0) is 19.3. The van der Waals surface area contributed by atoms with Gasteiger partial charge >= 0.3 is 0 Å². The summed E-state index contributed by atoms with van der Waals surface area (Å²) in [4.78, 5) is 20.1. The molecule has 0 bridgehead atoms. The Morgan fingerprint density at radius 2 is 2.00 bits per heavy atom. The molecule has 1 saturated carbocycles. The summed E-state index contributed by atoms with van der Waals surface area (Å²) in [5.74, 6) is -0.00894. The molecule has 6 heteroatoms. The number of hydrogen-bond acceptors (Lipinski definition) is 4. The molecule has 0 unspecified atom stereocenters. The Balaban J connectivity index is 1.58. The lowest BCUT2D eigenvalue weighted by Gasteiger charge is -2.14. The Labute approximate surface area is 170 Å². The minimum absolute atomic E-state index is 0.00894. The van der Waals surface area contributed by atoms with Crippen molar-refractivity contribution >= 4 is 34.6 Å². The lowest BCUT2D eigenvalue weighted by Crippen LogP contribution is -2.32. The van der Waals surface area contributed by atoms with Gasteiger partial charge in [-0.05, 0) is 54.4 Å². The summed E-state index contributed by atoms with van der Waals surface area (Å²) < 4.78 is 7.48. The minimum atomic E-state index is -0.00894. The molecule has 5 nitrogen and oxygen atoms in total. The highest BCUT2D eigenvalue weighted by atomic mass is 32.2. The molecular formula is C22H25N3O2S. The largest absolute Gasteiger partial charge is 0.383 e. The van der Waals surface area contributed by atoms with E-state index < -0.39 is 0 Å². The van der Waals surface area contributed by atoms with Crippen molar-refractivity contribution in [3.63, 3.8) is 0 Å². The molecule has 2 fully saturated rings. The fourth-order valence-corrected chi connectivity index (χ4v) is 4.71. The monoisotopic (exact) mass is 395 g/mol. The summed E-state index contributed by atoms with van der Waals surface area (Å²) in [7, 11) is 1.64. The van der Waals surface area contributed by atoms with Gasteiger partial charge in [0.1, 0.15) is 0 Å². The minimum Gasteiger partial charge on any atom is -0.383 e. The van der Waals surface area contributed by atoms with Gasteiger partial charge in [-0.15, -0.1) is 0 Å². The van der Waals surface area contributed by atoms with Gasteiger partial charge in [-0.3, -0.25) is 9.69 Å². The molecule has 2 aliphatic rings. The Hall–Kier alpha value is -2.31. The van der Waals surface area contributed by atoms with Crippen LogP contribution >= 0.6 is 11.8 Å². The van der Waals surface area contributed by atoms with Crippen LogP contribution in [-0.2, 0) is 9.53 Å². The normalized spacial score (nSPS) is 20.8. The summed E-state index contributed by atoms with van der Waals surface area (Å²) in [6, 6.07) is 12.4. The number of rotatable bonds is 6. The molecule has 146 valence electrons. The van der Waals surface area contributed by atoms with E-state index in [1.807, 2.05) is 36.4 Å². The molecule has 1 amide bonds. The van der Waals surface area contributed by atoms with Crippen LogP contribution in [0.25, 0.3) is 6.08 Å². The van der Waals surface area contributed by atoms with Crippen LogP contribution in [0.2, 0.25) is 0 Å². The van der Waals surface area contributed by atoms with Gasteiger partial charge in [-0.1, -0.05) is 31.0 Å². The molecule has 1 aromatic heterocycles. The fraction of sp³-hybridized carbons (Fsp3) is 0.364. The summed E-state index contributed by atoms with van der Waals surface area (Å²) >= 11 is 1.43. The molecule has 1 aromatic carbocycles. The second kappa shape index (κ2) is 8.80. The maximum Gasteiger partial charge on any atom is 0.266 e. The molecule has 2 aromatic rings. The third kappa shape index (κ3) is 4.23. The van der Waals surface area contributed by atoms with Crippen molar-refractivity contribution in [2.45, 2.75) is 31.7 Å². The number of hydrogen-bond donors (Lipinski definition) is 0. The third-order valence-corrected chi connectivity index (χ3v) is 6.18. The van der Waals surface area contributed by atoms with Crippen molar-refractivity contribution in [2.24, 2.45) is 4.99 Å². The summed E-state index contributed by atoms with van der Waals surface area (Å²) in [6.45, 7) is 0.972. The van der Waals surface area contributed by atoms with Crippen molar-refractivity contribution in [1.82, 2.24) is 9.47 Å². The molecule has 0 atom stereocenters.